The maximum Gasteiger partial charge on any atom is 0.302 e. The minimum atomic E-state index is -0.268. The van der Waals surface area contributed by atoms with Crippen molar-refractivity contribution in [1.82, 2.24) is 0 Å². The predicted molar refractivity (Wildman–Crippen MR) is 55.0 cm³/mol. The summed E-state index contributed by atoms with van der Waals surface area (Å²) in [6.07, 6.45) is 3.42. The van der Waals surface area contributed by atoms with Gasteiger partial charge in [-0.2, -0.15) is 11.8 Å². The van der Waals surface area contributed by atoms with E-state index in [9.17, 15) is 4.79 Å². The maximum absolute atomic E-state index is 10.8. The molecule has 1 rings (SSSR count). The molecule has 0 aromatic carbocycles. The number of carbonyl (C=O) groups excluding carboxylic acids is 1. The van der Waals surface area contributed by atoms with E-state index in [1.807, 2.05) is 6.26 Å². The summed E-state index contributed by atoms with van der Waals surface area (Å²) < 4.78 is 5.15. The lowest BCUT2D eigenvalue weighted by atomic mass is 10.2. The molecule has 0 amide bonds. The maximum atomic E-state index is 10.8. The summed E-state index contributed by atoms with van der Waals surface area (Å²) in [6.45, 7) is 1.40. The molecule has 0 spiro atoms. The summed E-state index contributed by atoms with van der Waals surface area (Å²) in [7, 11) is 0. The molecule has 0 radical (unpaired) electrons. The second-order valence-corrected chi connectivity index (χ2v) is 4.21. The van der Waals surface area contributed by atoms with Crippen LogP contribution in [0.4, 0.5) is 0 Å². The molecular weight excluding hydrogens is 202 g/mol. The van der Waals surface area contributed by atoms with Gasteiger partial charge in [-0.3, -0.25) is 4.79 Å². The summed E-state index contributed by atoms with van der Waals surface area (Å²) in [5.74, 6) is -0.268. The van der Waals surface area contributed by atoms with Crippen molar-refractivity contribution in [1.29, 1.82) is 0 Å². The van der Waals surface area contributed by atoms with Crippen LogP contribution in [0.2, 0.25) is 0 Å². The summed E-state index contributed by atoms with van der Waals surface area (Å²) in [4.78, 5) is 13.6. The van der Waals surface area contributed by atoms with Crippen LogP contribution < -0.4 is 0 Å². The Balaban J connectivity index is 2.63. The van der Waals surface area contributed by atoms with Crippen LogP contribution in [0.25, 0.3) is 10.4 Å². The number of ether oxygens (including phenoxy) is 1. The highest BCUT2D eigenvalue weighted by molar-refractivity contribution is 7.99. The number of azide groups is 1. The second-order valence-electron chi connectivity index (χ2n) is 3.20. The largest absolute Gasteiger partial charge is 0.461 e. The monoisotopic (exact) mass is 215 g/mol. The lowest BCUT2D eigenvalue weighted by molar-refractivity contribution is -0.145. The van der Waals surface area contributed by atoms with E-state index in [1.165, 1.54) is 6.92 Å². The lowest BCUT2D eigenvalue weighted by Gasteiger charge is -2.19. The molecule has 0 aliphatic heterocycles. The standard InChI is InChI=1S/C8H13N3O2S/c1-5(12)13-7-4-3-6(10-11-9)8(7)14-2/h6-8H,3-4H2,1-2H3/t6-,7-,8+/m1/s1. The first-order valence-electron chi connectivity index (χ1n) is 4.43. The van der Waals surface area contributed by atoms with Gasteiger partial charge in [0.2, 0.25) is 0 Å². The molecule has 5 nitrogen and oxygen atoms in total. The molecule has 0 heterocycles. The molecule has 1 fully saturated rings. The smallest absolute Gasteiger partial charge is 0.302 e. The molecular formula is C8H13N3O2S. The lowest BCUT2D eigenvalue weighted by Crippen LogP contribution is -2.28. The Hall–Kier alpha value is -0.870. The van der Waals surface area contributed by atoms with Crippen molar-refractivity contribution in [2.24, 2.45) is 5.11 Å². The third kappa shape index (κ3) is 2.56. The quantitative estimate of drug-likeness (QED) is 0.313. The minimum Gasteiger partial charge on any atom is -0.461 e. The topological polar surface area (TPSA) is 75.1 Å². The van der Waals surface area contributed by atoms with Gasteiger partial charge in [0.25, 0.3) is 0 Å². The molecule has 0 N–H and O–H groups in total. The molecule has 1 aliphatic rings. The molecule has 0 saturated heterocycles. The van der Waals surface area contributed by atoms with E-state index in [0.717, 1.165) is 12.8 Å². The fourth-order valence-electron chi connectivity index (χ4n) is 1.75. The normalized spacial score (nSPS) is 30.9. The molecule has 0 aromatic heterocycles. The van der Waals surface area contributed by atoms with E-state index in [1.54, 1.807) is 11.8 Å². The Kier molecular flexibility index (Phi) is 4.10. The Morgan fingerprint density at radius 2 is 2.36 bits per heavy atom. The number of esters is 1. The van der Waals surface area contributed by atoms with Crippen LogP contribution in [0, 0.1) is 0 Å². The van der Waals surface area contributed by atoms with Crippen LogP contribution in [-0.2, 0) is 9.53 Å². The Morgan fingerprint density at radius 1 is 1.64 bits per heavy atom. The van der Waals surface area contributed by atoms with Crippen LogP contribution in [-0.4, -0.2) is 29.6 Å². The zero-order valence-electron chi connectivity index (χ0n) is 8.21. The van der Waals surface area contributed by atoms with E-state index in [4.69, 9.17) is 10.3 Å². The van der Waals surface area contributed by atoms with Crippen LogP contribution in [0.15, 0.2) is 5.11 Å². The average Bonchev–Trinajstić information content (AvgIpc) is 2.47. The average molecular weight is 215 g/mol. The number of carbonyl (C=O) groups is 1. The van der Waals surface area contributed by atoms with E-state index in [-0.39, 0.29) is 23.4 Å². The van der Waals surface area contributed by atoms with Gasteiger partial charge in [-0.25, -0.2) is 0 Å². The van der Waals surface area contributed by atoms with E-state index >= 15 is 0 Å². The van der Waals surface area contributed by atoms with Gasteiger partial charge in [0.05, 0.1) is 11.3 Å². The third-order valence-electron chi connectivity index (χ3n) is 2.28. The summed E-state index contributed by atoms with van der Waals surface area (Å²) in [5.41, 5.74) is 8.35. The van der Waals surface area contributed by atoms with E-state index in [2.05, 4.69) is 10.0 Å². The first kappa shape index (κ1) is 11.2. The van der Waals surface area contributed by atoms with Crippen molar-refractivity contribution in [3.05, 3.63) is 10.4 Å². The number of hydrogen-bond donors (Lipinski definition) is 0. The molecule has 0 bridgehead atoms. The van der Waals surface area contributed by atoms with Gasteiger partial charge < -0.3 is 4.74 Å². The molecule has 0 unspecified atom stereocenters. The van der Waals surface area contributed by atoms with Crippen LogP contribution in [0.3, 0.4) is 0 Å². The highest BCUT2D eigenvalue weighted by Gasteiger charge is 2.37. The van der Waals surface area contributed by atoms with Crippen LogP contribution in [0.1, 0.15) is 19.8 Å². The first-order chi connectivity index (χ1) is 6.69. The van der Waals surface area contributed by atoms with Crippen molar-refractivity contribution in [2.45, 2.75) is 37.2 Å². The zero-order valence-corrected chi connectivity index (χ0v) is 9.03. The summed E-state index contributed by atoms with van der Waals surface area (Å²) in [6, 6.07) is -0.0423. The van der Waals surface area contributed by atoms with Gasteiger partial charge in [0, 0.05) is 11.8 Å². The van der Waals surface area contributed by atoms with Gasteiger partial charge in [-0.15, -0.1) is 0 Å². The van der Waals surface area contributed by atoms with Gasteiger partial charge >= 0.3 is 5.97 Å². The predicted octanol–water partition coefficient (Wildman–Crippen LogP) is 2.12. The summed E-state index contributed by atoms with van der Waals surface area (Å²) in [5, 5.41) is 3.81. The van der Waals surface area contributed by atoms with Crippen molar-refractivity contribution in [2.75, 3.05) is 6.26 Å². The fourth-order valence-corrected chi connectivity index (χ4v) is 2.75. The van der Waals surface area contributed by atoms with E-state index in [0.29, 0.717) is 0 Å². The van der Waals surface area contributed by atoms with Crippen LogP contribution >= 0.6 is 11.8 Å². The summed E-state index contributed by atoms with van der Waals surface area (Å²) >= 11 is 1.59. The molecule has 3 atom stereocenters. The molecule has 1 aliphatic carbocycles. The number of hydrogen-bond acceptors (Lipinski definition) is 4. The van der Waals surface area contributed by atoms with Crippen molar-refractivity contribution < 1.29 is 9.53 Å². The zero-order chi connectivity index (χ0) is 10.6. The fraction of sp³-hybridized carbons (Fsp3) is 0.875. The van der Waals surface area contributed by atoms with Gasteiger partial charge in [0.1, 0.15) is 6.10 Å². The van der Waals surface area contributed by atoms with Gasteiger partial charge in [-0.05, 0) is 24.6 Å². The van der Waals surface area contributed by atoms with Gasteiger partial charge in [0.15, 0.2) is 0 Å². The molecule has 0 aromatic rings. The number of thioether (sulfide) groups is 1. The molecule has 6 heteroatoms. The Morgan fingerprint density at radius 3 is 2.86 bits per heavy atom. The van der Waals surface area contributed by atoms with Gasteiger partial charge in [-0.1, -0.05) is 5.11 Å². The van der Waals surface area contributed by atoms with E-state index < -0.39 is 0 Å². The number of nitrogens with zero attached hydrogens (tertiary/aromatic N) is 3. The Labute approximate surface area is 86.8 Å². The van der Waals surface area contributed by atoms with Crippen molar-refractivity contribution in [3.8, 4) is 0 Å². The minimum absolute atomic E-state index is 0.0423. The second kappa shape index (κ2) is 5.12. The van der Waals surface area contributed by atoms with Crippen molar-refractivity contribution in [3.63, 3.8) is 0 Å². The SMILES string of the molecule is CS[C@H]1[C@H](N=[N+]=[N-])CC[C@H]1OC(C)=O. The highest BCUT2D eigenvalue weighted by atomic mass is 32.2. The third-order valence-corrected chi connectivity index (χ3v) is 3.44. The highest BCUT2D eigenvalue weighted by Crippen LogP contribution is 2.33. The van der Waals surface area contributed by atoms with Crippen LogP contribution in [0.5, 0.6) is 0 Å². The van der Waals surface area contributed by atoms with Crippen molar-refractivity contribution >= 4 is 17.7 Å². The molecule has 78 valence electrons. The Bertz CT molecular complexity index is 265. The molecule has 14 heavy (non-hydrogen) atoms. The number of rotatable bonds is 3. The first-order valence-corrected chi connectivity index (χ1v) is 5.72. The molecule has 1 saturated carbocycles.